The van der Waals surface area contributed by atoms with Crippen molar-refractivity contribution in [3.8, 4) is 11.5 Å². The van der Waals surface area contributed by atoms with Gasteiger partial charge in [-0.3, -0.25) is 4.90 Å². The molecule has 3 rings (SSSR count). The molecule has 0 aliphatic carbocycles. The summed E-state index contributed by atoms with van der Waals surface area (Å²) in [5.74, 6) is 1.61. The topological polar surface area (TPSA) is 72.5 Å². The zero-order valence-corrected chi connectivity index (χ0v) is 14.5. The summed E-state index contributed by atoms with van der Waals surface area (Å²) in [6.45, 7) is 5.42. The van der Waals surface area contributed by atoms with Crippen molar-refractivity contribution in [2.75, 3.05) is 60.0 Å². The van der Waals surface area contributed by atoms with E-state index in [1.54, 1.807) is 7.11 Å². The van der Waals surface area contributed by atoms with Crippen LogP contribution in [-0.2, 0) is 16.0 Å². The number of hydrogen-bond donors (Lipinski definition) is 1. The number of ether oxygens (including phenoxy) is 4. The minimum absolute atomic E-state index is 0.0832. The Morgan fingerprint density at radius 3 is 2.76 bits per heavy atom. The predicted octanol–water partition coefficient (Wildman–Crippen LogP) is 0.863. The molecule has 0 unspecified atom stereocenters. The Balaban J connectivity index is 1.37. The van der Waals surface area contributed by atoms with E-state index >= 15 is 0 Å². The number of piperazine rings is 1. The van der Waals surface area contributed by atoms with Crippen LogP contribution in [0.15, 0.2) is 18.2 Å². The highest BCUT2D eigenvalue weighted by atomic mass is 16.7. The van der Waals surface area contributed by atoms with Gasteiger partial charge in [0.15, 0.2) is 11.5 Å². The number of urea groups is 1. The van der Waals surface area contributed by atoms with Crippen LogP contribution < -0.4 is 14.8 Å². The van der Waals surface area contributed by atoms with Gasteiger partial charge in [-0.05, 0) is 17.7 Å². The highest BCUT2D eigenvalue weighted by Gasteiger charge is 2.21. The number of carbonyl (C=O) groups is 1. The van der Waals surface area contributed by atoms with Gasteiger partial charge in [-0.2, -0.15) is 0 Å². The lowest BCUT2D eigenvalue weighted by molar-refractivity contribution is 0.0594. The van der Waals surface area contributed by atoms with Crippen LogP contribution >= 0.6 is 0 Å². The van der Waals surface area contributed by atoms with Crippen molar-refractivity contribution in [3.63, 3.8) is 0 Å². The second-order valence-electron chi connectivity index (χ2n) is 5.98. The lowest BCUT2D eigenvalue weighted by Crippen LogP contribution is -2.51. The molecule has 0 atom stereocenters. The lowest BCUT2D eigenvalue weighted by Gasteiger charge is -2.34. The van der Waals surface area contributed by atoms with Crippen LogP contribution in [0.25, 0.3) is 0 Å². The molecule has 2 amide bonds. The number of fused-ring (bicyclic) bond motifs is 1. The summed E-state index contributed by atoms with van der Waals surface area (Å²) in [7, 11) is 1.62. The van der Waals surface area contributed by atoms with Crippen molar-refractivity contribution >= 4 is 6.03 Å². The molecular formula is C17H25N3O5. The van der Waals surface area contributed by atoms with Crippen LogP contribution in [0, 0.1) is 0 Å². The van der Waals surface area contributed by atoms with Crippen LogP contribution in [-0.4, -0.2) is 75.9 Å². The number of hydrogen-bond acceptors (Lipinski definition) is 6. The van der Waals surface area contributed by atoms with Gasteiger partial charge < -0.3 is 29.2 Å². The summed E-state index contributed by atoms with van der Waals surface area (Å²) < 4.78 is 20.9. The van der Waals surface area contributed by atoms with Gasteiger partial charge in [0.2, 0.25) is 6.79 Å². The van der Waals surface area contributed by atoms with Crippen LogP contribution in [0.4, 0.5) is 4.79 Å². The van der Waals surface area contributed by atoms with Gasteiger partial charge in [0, 0.05) is 39.8 Å². The molecule has 0 spiro atoms. The number of nitrogens with zero attached hydrogens (tertiary/aromatic N) is 2. The Bertz CT molecular complexity index is 575. The van der Waals surface area contributed by atoms with E-state index in [1.807, 2.05) is 17.0 Å². The fraction of sp³-hybridized carbons (Fsp3) is 0.588. The average Bonchev–Trinajstić information content (AvgIpc) is 3.10. The standard InChI is InChI=1S/C17H25N3O5/c1-22-8-9-23-12-18-17(21)20-6-4-19(5-7-20)11-14-2-3-15-16(10-14)25-13-24-15/h2-3,10H,4-9,11-13H2,1H3,(H,18,21). The van der Waals surface area contributed by atoms with E-state index in [0.29, 0.717) is 33.1 Å². The number of benzene rings is 1. The number of nitrogens with one attached hydrogen (secondary N) is 1. The highest BCUT2D eigenvalue weighted by Crippen LogP contribution is 2.32. The first kappa shape index (κ1) is 17.8. The van der Waals surface area contributed by atoms with Crippen molar-refractivity contribution in [2.45, 2.75) is 6.54 Å². The summed E-state index contributed by atoms with van der Waals surface area (Å²) in [5.41, 5.74) is 1.19. The molecule has 1 N–H and O–H groups in total. The quantitative estimate of drug-likeness (QED) is 0.580. The maximum Gasteiger partial charge on any atom is 0.319 e. The molecule has 1 saturated heterocycles. The second-order valence-corrected chi connectivity index (χ2v) is 5.98. The summed E-state index contributed by atoms with van der Waals surface area (Å²) in [4.78, 5) is 16.2. The summed E-state index contributed by atoms with van der Waals surface area (Å²) >= 11 is 0. The third-order valence-electron chi connectivity index (χ3n) is 4.26. The fourth-order valence-corrected chi connectivity index (χ4v) is 2.85. The van der Waals surface area contributed by atoms with E-state index < -0.39 is 0 Å². The molecule has 2 aliphatic rings. The molecule has 0 saturated carbocycles. The van der Waals surface area contributed by atoms with E-state index in [2.05, 4.69) is 16.3 Å². The SMILES string of the molecule is COCCOCNC(=O)N1CCN(Cc2ccc3c(c2)OCO3)CC1. The average molecular weight is 351 g/mol. The van der Waals surface area contributed by atoms with E-state index in [0.717, 1.165) is 31.1 Å². The van der Waals surface area contributed by atoms with Crippen LogP contribution in [0.2, 0.25) is 0 Å². The molecule has 2 heterocycles. The minimum Gasteiger partial charge on any atom is -0.454 e. The molecule has 8 heteroatoms. The third kappa shape index (κ3) is 4.97. The normalized spacial score (nSPS) is 16.9. The smallest absolute Gasteiger partial charge is 0.319 e. The molecule has 2 aliphatic heterocycles. The molecule has 1 aromatic rings. The number of methoxy groups -OCH3 is 1. The van der Waals surface area contributed by atoms with Crippen molar-refractivity contribution in [2.24, 2.45) is 0 Å². The Kier molecular flexibility index (Phi) is 6.32. The maximum absolute atomic E-state index is 12.1. The fourth-order valence-electron chi connectivity index (χ4n) is 2.85. The van der Waals surface area contributed by atoms with Crippen LogP contribution in [0.5, 0.6) is 11.5 Å². The summed E-state index contributed by atoms with van der Waals surface area (Å²) in [5, 5.41) is 2.76. The van der Waals surface area contributed by atoms with Crippen molar-refractivity contribution in [3.05, 3.63) is 23.8 Å². The molecule has 1 fully saturated rings. The summed E-state index contributed by atoms with van der Waals surface area (Å²) in [6.07, 6.45) is 0. The minimum atomic E-state index is -0.0832. The van der Waals surface area contributed by atoms with E-state index in [4.69, 9.17) is 18.9 Å². The number of carbonyl (C=O) groups excluding carboxylic acids is 1. The molecule has 0 radical (unpaired) electrons. The zero-order valence-electron chi connectivity index (χ0n) is 14.5. The molecule has 0 bridgehead atoms. The molecule has 25 heavy (non-hydrogen) atoms. The van der Waals surface area contributed by atoms with E-state index in [-0.39, 0.29) is 12.8 Å². The van der Waals surface area contributed by atoms with Gasteiger partial charge in [-0.25, -0.2) is 4.79 Å². The third-order valence-corrected chi connectivity index (χ3v) is 4.26. The molecular weight excluding hydrogens is 326 g/mol. The first-order valence-electron chi connectivity index (χ1n) is 8.46. The van der Waals surface area contributed by atoms with Crippen LogP contribution in [0.1, 0.15) is 5.56 Å². The Hall–Kier alpha value is -2.03. The molecule has 1 aromatic carbocycles. The van der Waals surface area contributed by atoms with Crippen molar-refractivity contribution in [1.29, 1.82) is 0 Å². The Morgan fingerprint density at radius 2 is 1.96 bits per heavy atom. The largest absolute Gasteiger partial charge is 0.454 e. The van der Waals surface area contributed by atoms with Gasteiger partial charge in [-0.1, -0.05) is 6.07 Å². The first-order valence-corrected chi connectivity index (χ1v) is 8.46. The Morgan fingerprint density at radius 1 is 1.16 bits per heavy atom. The number of amides is 2. The summed E-state index contributed by atoms with van der Waals surface area (Å²) in [6, 6.07) is 5.95. The van der Waals surface area contributed by atoms with Gasteiger partial charge in [0.1, 0.15) is 6.73 Å². The van der Waals surface area contributed by atoms with E-state index in [1.165, 1.54) is 5.56 Å². The number of rotatable bonds is 7. The highest BCUT2D eigenvalue weighted by molar-refractivity contribution is 5.74. The van der Waals surface area contributed by atoms with Gasteiger partial charge in [0.05, 0.1) is 13.2 Å². The maximum atomic E-state index is 12.1. The molecule has 138 valence electrons. The molecule has 8 nitrogen and oxygen atoms in total. The lowest BCUT2D eigenvalue weighted by atomic mass is 10.1. The molecule has 0 aromatic heterocycles. The Labute approximate surface area is 147 Å². The van der Waals surface area contributed by atoms with Gasteiger partial charge >= 0.3 is 6.03 Å². The van der Waals surface area contributed by atoms with Crippen LogP contribution in [0.3, 0.4) is 0 Å². The van der Waals surface area contributed by atoms with Gasteiger partial charge in [-0.15, -0.1) is 0 Å². The van der Waals surface area contributed by atoms with E-state index in [9.17, 15) is 4.79 Å². The van der Waals surface area contributed by atoms with Gasteiger partial charge in [0.25, 0.3) is 0 Å². The first-order chi connectivity index (χ1) is 12.3. The monoisotopic (exact) mass is 351 g/mol. The van der Waals surface area contributed by atoms with Crippen molar-refractivity contribution in [1.82, 2.24) is 15.1 Å². The second kappa shape index (κ2) is 8.89. The van der Waals surface area contributed by atoms with Crippen molar-refractivity contribution < 1.29 is 23.7 Å². The predicted molar refractivity (Wildman–Crippen MR) is 90.6 cm³/mol. The zero-order chi connectivity index (χ0) is 17.5.